The van der Waals surface area contributed by atoms with Gasteiger partial charge in [0, 0.05) is 6.42 Å². The zero-order valence-corrected chi connectivity index (χ0v) is 6.68. The maximum Gasteiger partial charge on any atom is 0.144 e. The first kappa shape index (κ1) is 9.23. The highest BCUT2D eigenvalue weighted by atomic mass is 16.1. The molecule has 0 unspecified atom stereocenters. The normalized spacial score (nSPS) is 9.40. The van der Waals surface area contributed by atoms with Crippen molar-refractivity contribution in [3.05, 3.63) is 0 Å². The Hall–Kier alpha value is -0.770. The van der Waals surface area contributed by atoms with Crippen LogP contribution in [-0.4, -0.2) is 5.78 Å². The summed E-state index contributed by atoms with van der Waals surface area (Å²) in [6, 6.07) is 0. The van der Waals surface area contributed by atoms with E-state index in [4.69, 9.17) is 6.42 Å². The second kappa shape index (κ2) is 5.05. The Kier molecular flexibility index (Phi) is 4.66. The predicted octanol–water partition coefficient (Wildman–Crippen LogP) is 2.02. The lowest BCUT2D eigenvalue weighted by atomic mass is 10.0. The lowest BCUT2D eigenvalue weighted by molar-refractivity contribution is -0.118. The Morgan fingerprint density at radius 2 is 2.20 bits per heavy atom. The lowest BCUT2D eigenvalue weighted by Crippen LogP contribution is -1.98. The van der Waals surface area contributed by atoms with E-state index in [9.17, 15) is 4.79 Å². The highest BCUT2D eigenvalue weighted by Crippen LogP contribution is 2.04. The van der Waals surface area contributed by atoms with Gasteiger partial charge in [-0.3, -0.25) is 4.79 Å². The molecular formula is C9H14O. The smallest absolute Gasteiger partial charge is 0.144 e. The summed E-state index contributed by atoms with van der Waals surface area (Å²) in [4.78, 5) is 10.8. The van der Waals surface area contributed by atoms with Crippen LogP contribution >= 0.6 is 0 Å². The molecule has 0 bridgehead atoms. The molecule has 0 rings (SSSR count). The minimum atomic E-state index is 0.191. The van der Waals surface area contributed by atoms with E-state index in [2.05, 4.69) is 19.8 Å². The lowest BCUT2D eigenvalue weighted by Gasteiger charge is -2.00. The van der Waals surface area contributed by atoms with Crippen LogP contribution in [0.15, 0.2) is 0 Å². The summed E-state index contributed by atoms with van der Waals surface area (Å²) in [5, 5.41) is 0. The number of hydrogen-bond donors (Lipinski definition) is 0. The number of carbonyl (C=O) groups excluding carboxylic acids is 1. The molecular weight excluding hydrogens is 124 g/mol. The summed E-state index contributed by atoms with van der Waals surface area (Å²) in [5.41, 5.74) is 0. The van der Waals surface area contributed by atoms with E-state index in [1.807, 2.05) is 0 Å². The topological polar surface area (TPSA) is 17.1 Å². The molecule has 0 aromatic heterocycles. The fraction of sp³-hybridized carbons (Fsp3) is 0.667. The summed E-state index contributed by atoms with van der Waals surface area (Å²) < 4.78 is 0. The molecule has 0 atom stereocenters. The Bertz CT molecular complexity index is 139. The SMILES string of the molecule is C#CCC(=O)CCC(C)C. The Morgan fingerprint density at radius 3 is 2.60 bits per heavy atom. The maximum atomic E-state index is 10.8. The van der Waals surface area contributed by atoms with Crippen LogP contribution in [0.1, 0.15) is 33.1 Å². The van der Waals surface area contributed by atoms with Gasteiger partial charge in [0.1, 0.15) is 5.78 Å². The summed E-state index contributed by atoms with van der Waals surface area (Å²) in [6.07, 6.45) is 6.86. The molecule has 0 aliphatic heterocycles. The van der Waals surface area contributed by atoms with Gasteiger partial charge >= 0.3 is 0 Å². The number of carbonyl (C=O) groups is 1. The van der Waals surface area contributed by atoms with Crippen LogP contribution in [0.5, 0.6) is 0 Å². The number of ketones is 1. The summed E-state index contributed by atoms with van der Waals surface area (Å²) >= 11 is 0. The summed E-state index contributed by atoms with van der Waals surface area (Å²) in [7, 11) is 0. The molecule has 56 valence electrons. The molecule has 0 aliphatic carbocycles. The van der Waals surface area contributed by atoms with Gasteiger partial charge in [0.15, 0.2) is 0 Å². The first-order chi connectivity index (χ1) is 4.66. The fourth-order valence-electron chi connectivity index (χ4n) is 0.652. The van der Waals surface area contributed by atoms with E-state index in [1.54, 1.807) is 0 Å². The Labute approximate surface area is 62.8 Å². The molecule has 0 aromatic carbocycles. The molecule has 0 aromatic rings. The van der Waals surface area contributed by atoms with Crippen LogP contribution in [-0.2, 0) is 4.79 Å². The van der Waals surface area contributed by atoms with Crippen molar-refractivity contribution >= 4 is 5.78 Å². The van der Waals surface area contributed by atoms with Crippen LogP contribution in [0.4, 0.5) is 0 Å². The molecule has 1 nitrogen and oxygen atoms in total. The number of terminal acetylenes is 1. The molecule has 1 heteroatoms. The quantitative estimate of drug-likeness (QED) is 0.543. The average Bonchev–Trinajstić information content (AvgIpc) is 1.85. The first-order valence-corrected chi connectivity index (χ1v) is 3.62. The van der Waals surface area contributed by atoms with Crippen molar-refractivity contribution in [3.8, 4) is 12.3 Å². The van der Waals surface area contributed by atoms with E-state index >= 15 is 0 Å². The summed E-state index contributed by atoms with van der Waals surface area (Å²) in [6.45, 7) is 4.20. The van der Waals surface area contributed by atoms with Gasteiger partial charge < -0.3 is 0 Å². The molecule has 0 radical (unpaired) electrons. The van der Waals surface area contributed by atoms with Crippen LogP contribution in [0.3, 0.4) is 0 Å². The monoisotopic (exact) mass is 138 g/mol. The van der Waals surface area contributed by atoms with Gasteiger partial charge in [-0.2, -0.15) is 0 Å². The molecule has 0 N–H and O–H groups in total. The van der Waals surface area contributed by atoms with Gasteiger partial charge in [0.05, 0.1) is 6.42 Å². The highest BCUT2D eigenvalue weighted by molar-refractivity contribution is 5.80. The fourth-order valence-corrected chi connectivity index (χ4v) is 0.652. The van der Waals surface area contributed by atoms with Gasteiger partial charge in [0.25, 0.3) is 0 Å². The number of Topliss-reactive ketones (excluding diaryl/α,β-unsaturated/α-hetero) is 1. The molecule has 0 saturated heterocycles. The minimum absolute atomic E-state index is 0.191. The third-order valence-corrected chi connectivity index (χ3v) is 1.30. The molecule has 0 heterocycles. The van der Waals surface area contributed by atoms with Gasteiger partial charge in [0.2, 0.25) is 0 Å². The third kappa shape index (κ3) is 5.37. The van der Waals surface area contributed by atoms with Crippen molar-refractivity contribution in [3.63, 3.8) is 0 Å². The predicted molar refractivity (Wildman–Crippen MR) is 42.5 cm³/mol. The maximum absolute atomic E-state index is 10.8. The van der Waals surface area contributed by atoms with Crippen molar-refractivity contribution in [1.29, 1.82) is 0 Å². The average molecular weight is 138 g/mol. The largest absolute Gasteiger partial charge is 0.299 e. The van der Waals surface area contributed by atoms with Crippen LogP contribution in [0.25, 0.3) is 0 Å². The molecule has 0 fully saturated rings. The molecule has 10 heavy (non-hydrogen) atoms. The first-order valence-electron chi connectivity index (χ1n) is 3.62. The molecule has 0 amide bonds. The van der Waals surface area contributed by atoms with Crippen LogP contribution in [0.2, 0.25) is 0 Å². The van der Waals surface area contributed by atoms with Crippen molar-refractivity contribution in [2.45, 2.75) is 33.1 Å². The van der Waals surface area contributed by atoms with Gasteiger partial charge in [-0.15, -0.1) is 6.42 Å². The van der Waals surface area contributed by atoms with Crippen molar-refractivity contribution in [2.24, 2.45) is 5.92 Å². The van der Waals surface area contributed by atoms with Gasteiger partial charge in [-0.1, -0.05) is 19.8 Å². The summed E-state index contributed by atoms with van der Waals surface area (Å²) in [5.74, 6) is 3.13. The van der Waals surface area contributed by atoms with Crippen molar-refractivity contribution < 1.29 is 4.79 Å². The van der Waals surface area contributed by atoms with E-state index in [-0.39, 0.29) is 5.78 Å². The Balaban J connectivity index is 3.33. The van der Waals surface area contributed by atoms with Gasteiger partial charge in [-0.25, -0.2) is 0 Å². The standard InChI is InChI=1S/C9H14O/c1-4-5-9(10)7-6-8(2)3/h1,8H,5-7H2,2-3H3. The minimum Gasteiger partial charge on any atom is -0.299 e. The van der Waals surface area contributed by atoms with E-state index < -0.39 is 0 Å². The molecule has 0 aliphatic rings. The van der Waals surface area contributed by atoms with Crippen molar-refractivity contribution in [2.75, 3.05) is 0 Å². The second-order valence-electron chi connectivity index (χ2n) is 2.85. The zero-order chi connectivity index (χ0) is 7.98. The number of rotatable bonds is 4. The molecule has 0 spiro atoms. The molecule has 0 saturated carbocycles. The van der Waals surface area contributed by atoms with Crippen molar-refractivity contribution in [1.82, 2.24) is 0 Å². The van der Waals surface area contributed by atoms with Gasteiger partial charge in [-0.05, 0) is 12.3 Å². The Morgan fingerprint density at radius 1 is 1.60 bits per heavy atom. The highest BCUT2D eigenvalue weighted by Gasteiger charge is 2.00. The third-order valence-electron chi connectivity index (χ3n) is 1.30. The van der Waals surface area contributed by atoms with Crippen LogP contribution in [0, 0.1) is 18.3 Å². The van der Waals surface area contributed by atoms with E-state index in [0.717, 1.165) is 6.42 Å². The van der Waals surface area contributed by atoms with Crippen LogP contribution < -0.4 is 0 Å². The number of hydrogen-bond acceptors (Lipinski definition) is 1. The zero-order valence-electron chi connectivity index (χ0n) is 6.68. The van der Waals surface area contributed by atoms with E-state index in [1.165, 1.54) is 0 Å². The second-order valence-corrected chi connectivity index (χ2v) is 2.85. The van der Waals surface area contributed by atoms with E-state index in [0.29, 0.717) is 18.8 Å².